The van der Waals surface area contributed by atoms with E-state index in [0.29, 0.717) is 5.75 Å². The van der Waals surface area contributed by atoms with Crippen molar-refractivity contribution in [1.82, 2.24) is 0 Å². The molecule has 0 aliphatic heterocycles. The van der Waals surface area contributed by atoms with Crippen LogP contribution in [0.5, 0.6) is 5.75 Å². The van der Waals surface area contributed by atoms with E-state index in [-0.39, 0.29) is 0 Å². The van der Waals surface area contributed by atoms with E-state index in [1.54, 1.807) is 12.1 Å². The van der Waals surface area contributed by atoms with Crippen molar-refractivity contribution in [1.29, 1.82) is 0 Å². The zero-order valence-electron chi connectivity index (χ0n) is 8.55. The van der Waals surface area contributed by atoms with Crippen molar-refractivity contribution in [2.45, 2.75) is 20.3 Å². The van der Waals surface area contributed by atoms with Gasteiger partial charge in [0.15, 0.2) is 0 Å². The van der Waals surface area contributed by atoms with E-state index in [1.807, 2.05) is 13.8 Å². The number of allylic oxidation sites excluding steroid dienone is 1. The lowest BCUT2D eigenvalue weighted by Crippen LogP contribution is -1.86. The highest BCUT2D eigenvalue weighted by molar-refractivity contribution is 9.09. The number of halogens is 1. The summed E-state index contributed by atoms with van der Waals surface area (Å²) in [5.41, 5.74) is 3.45. The second-order valence-electron chi connectivity index (χ2n) is 3.37. The van der Waals surface area contributed by atoms with Crippen LogP contribution in [0, 0.1) is 13.8 Å². The Kier molecular flexibility index (Phi) is 4.21. The summed E-state index contributed by atoms with van der Waals surface area (Å²) in [5.74, 6) is 0.345. The average Bonchev–Trinajstić information content (AvgIpc) is 2.09. The van der Waals surface area contributed by atoms with Crippen LogP contribution in [0.3, 0.4) is 0 Å². The van der Waals surface area contributed by atoms with Crippen LogP contribution in [0.25, 0.3) is 6.08 Å². The topological polar surface area (TPSA) is 20.2 Å². The van der Waals surface area contributed by atoms with E-state index in [4.69, 9.17) is 0 Å². The lowest BCUT2D eigenvalue weighted by Gasteiger charge is -2.05. The average molecular weight is 255 g/mol. The van der Waals surface area contributed by atoms with E-state index in [9.17, 15) is 5.11 Å². The highest BCUT2D eigenvalue weighted by atomic mass is 79.9. The smallest absolute Gasteiger partial charge is 0.116 e. The molecule has 1 aromatic rings. The minimum Gasteiger partial charge on any atom is -0.508 e. The first-order chi connectivity index (χ1) is 6.65. The highest BCUT2D eigenvalue weighted by Gasteiger charge is 2.00. The highest BCUT2D eigenvalue weighted by Crippen LogP contribution is 2.21. The van der Waals surface area contributed by atoms with E-state index in [1.165, 1.54) is 5.56 Å². The summed E-state index contributed by atoms with van der Waals surface area (Å²) in [6.07, 6.45) is 5.28. The number of phenolic OH excluding ortho intramolecular Hbond substituents is 1. The van der Waals surface area contributed by atoms with Crippen molar-refractivity contribution in [3.05, 3.63) is 34.9 Å². The van der Waals surface area contributed by atoms with Crippen LogP contribution in [-0.4, -0.2) is 10.4 Å². The maximum Gasteiger partial charge on any atom is 0.116 e. The van der Waals surface area contributed by atoms with Gasteiger partial charge in [-0.3, -0.25) is 0 Å². The minimum absolute atomic E-state index is 0.345. The van der Waals surface area contributed by atoms with Crippen LogP contribution in [0.15, 0.2) is 18.2 Å². The van der Waals surface area contributed by atoms with Gasteiger partial charge in [-0.2, -0.15) is 0 Å². The molecular weight excluding hydrogens is 240 g/mol. The molecule has 0 saturated carbocycles. The van der Waals surface area contributed by atoms with Crippen LogP contribution in [0.4, 0.5) is 0 Å². The van der Waals surface area contributed by atoms with Crippen LogP contribution in [-0.2, 0) is 0 Å². The standard InChI is InChI=1S/C12H15BrO/c1-9-7-11(14)8-10(2)12(9)5-3-4-6-13/h3,5,7-8,14H,4,6H2,1-2H3. The minimum atomic E-state index is 0.345. The third-order valence-corrected chi connectivity index (χ3v) is 2.60. The van der Waals surface area contributed by atoms with E-state index >= 15 is 0 Å². The number of hydrogen-bond donors (Lipinski definition) is 1. The molecule has 14 heavy (non-hydrogen) atoms. The SMILES string of the molecule is Cc1cc(O)cc(C)c1C=CCCBr. The fourth-order valence-corrected chi connectivity index (χ4v) is 1.74. The molecule has 0 unspecified atom stereocenters. The fourth-order valence-electron chi connectivity index (χ4n) is 1.48. The Hall–Kier alpha value is -0.760. The first-order valence-electron chi connectivity index (χ1n) is 4.68. The van der Waals surface area contributed by atoms with Crippen LogP contribution < -0.4 is 0 Å². The second kappa shape index (κ2) is 5.20. The molecule has 0 spiro atoms. The van der Waals surface area contributed by atoms with Gasteiger partial charge in [-0.15, -0.1) is 0 Å². The molecule has 1 N–H and O–H groups in total. The molecule has 0 amide bonds. The maximum absolute atomic E-state index is 9.36. The zero-order valence-corrected chi connectivity index (χ0v) is 10.1. The number of benzene rings is 1. The molecule has 0 saturated heterocycles. The van der Waals surface area contributed by atoms with E-state index in [0.717, 1.165) is 22.9 Å². The molecule has 0 fully saturated rings. The van der Waals surface area contributed by atoms with Gasteiger partial charge < -0.3 is 5.11 Å². The second-order valence-corrected chi connectivity index (χ2v) is 4.17. The number of alkyl halides is 1. The summed E-state index contributed by atoms with van der Waals surface area (Å²) in [5, 5.41) is 10.3. The van der Waals surface area contributed by atoms with Gasteiger partial charge in [0.05, 0.1) is 0 Å². The number of rotatable bonds is 3. The van der Waals surface area contributed by atoms with Crippen molar-refractivity contribution in [3.63, 3.8) is 0 Å². The Bertz CT molecular complexity index is 319. The first-order valence-corrected chi connectivity index (χ1v) is 5.80. The Labute approximate surface area is 93.6 Å². The van der Waals surface area contributed by atoms with Crippen molar-refractivity contribution in [2.24, 2.45) is 0 Å². The maximum atomic E-state index is 9.36. The summed E-state index contributed by atoms with van der Waals surface area (Å²) in [7, 11) is 0. The monoisotopic (exact) mass is 254 g/mol. The molecule has 1 rings (SSSR count). The lowest BCUT2D eigenvalue weighted by atomic mass is 10.0. The number of hydrogen-bond acceptors (Lipinski definition) is 1. The molecule has 1 aromatic carbocycles. The molecule has 0 radical (unpaired) electrons. The Morgan fingerprint density at radius 3 is 2.36 bits per heavy atom. The fraction of sp³-hybridized carbons (Fsp3) is 0.333. The molecular formula is C12H15BrO. The van der Waals surface area contributed by atoms with E-state index < -0.39 is 0 Å². The van der Waals surface area contributed by atoms with E-state index in [2.05, 4.69) is 28.1 Å². The number of aryl methyl sites for hydroxylation is 2. The van der Waals surface area contributed by atoms with Gasteiger partial charge in [-0.1, -0.05) is 28.1 Å². The first kappa shape index (κ1) is 11.3. The van der Waals surface area contributed by atoms with Gasteiger partial charge in [0.25, 0.3) is 0 Å². The Balaban J connectivity index is 2.96. The predicted molar refractivity (Wildman–Crippen MR) is 65.0 cm³/mol. The third kappa shape index (κ3) is 2.88. The van der Waals surface area contributed by atoms with Gasteiger partial charge in [0.1, 0.15) is 5.75 Å². The molecule has 1 nitrogen and oxygen atoms in total. The predicted octanol–water partition coefficient (Wildman–Crippen LogP) is 3.81. The van der Waals surface area contributed by atoms with Gasteiger partial charge in [0.2, 0.25) is 0 Å². The van der Waals surface area contributed by atoms with Gasteiger partial charge in [0, 0.05) is 5.33 Å². The van der Waals surface area contributed by atoms with Crippen molar-refractivity contribution in [2.75, 3.05) is 5.33 Å². The Morgan fingerprint density at radius 2 is 1.86 bits per heavy atom. The van der Waals surface area contributed by atoms with Crippen LogP contribution in [0.2, 0.25) is 0 Å². The van der Waals surface area contributed by atoms with Crippen LogP contribution in [0.1, 0.15) is 23.1 Å². The Morgan fingerprint density at radius 1 is 1.29 bits per heavy atom. The number of phenols is 1. The van der Waals surface area contributed by atoms with Crippen molar-refractivity contribution in [3.8, 4) is 5.75 Å². The van der Waals surface area contributed by atoms with Crippen molar-refractivity contribution >= 4 is 22.0 Å². The molecule has 0 bridgehead atoms. The molecule has 0 aliphatic rings. The number of aromatic hydroxyl groups is 1. The van der Waals surface area contributed by atoms with Gasteiger partial charge in [-0.25, -0.2) is 0 Å². The summed E-state index contributed by atoms with van der Waals surface area (Å²) in [6, 6.07) is 3.58. The summed E-state index contributed by atoms with van der Waals surface area (Å²) in [4.78, 5) is 0. The summed E-state index contributed by atoms with van der Waals surface area (Å²) < 4.78 is 0. The quantitative estimate of drug-likeness (QED) is 0.814. The molecule has 0 atom stereocenters. The normalized spacial score (nSPS) is 11.1. The van der Waals surface area contributed by atoms with Crippen LogP contribution >= 0.6 is 15.9 Å². The molecule has 0 heterocycles. The zero-order chi connectivity index (χ0) is 10.6. The summed E-state index contributed by atoms with van der Waals surface area (Å²) >= 11 is 3.38. The third-order valence-electron chi connectivity index (χ3n) is 2.14. The lowest BCUT2D eigenvalue weighted by molar-refractivity contribution is 0.474. The van der Waals surface area contributed by atoms with Gasteiger partial charge in [-0.05, 0) is 49.1 Å². The summed E-state index contributed by atoms with van der Waals surface area (Å²) in [6.45, 7) is 4.03. The van der Waals surface area contributed by atoms with Crippen molar-refractivity contribution < 1.29 is 5.11 Å². The molecule has 76 valence electrons. The largest absolute Gasteiger partial charge is 0.508 e. The molecule has 0 aliphatic carbocycles. The van der Waals surface area contributed by atoms with Gasteiger partial charge >= 0.3 is 0 Å². The molecule has 0 aromatic heterocycles. The molecule has 2 heteroatoms.